The number of carbonyl (C=O) groups excluding carboxylic acids is 2. The zero-order valence-electron chi connectivity index (χ0n) is 19.8. The number of amides is 2. The largest absolute Gasteiger partial charge is 0.457 e. The summed E-state index contributed by atoms with van der Waals surface area (Å²) in [4.78, 5) is 33.3. The number of ether oxygens (including phenoxy) is 1. The van der Waals surface area contributed by atoms with Crippen LogP contribution < -0.4 is 15.4 Å². The van der Waals surface area contributed by atoms with E-state index in [0.29, 0.717) is 34.0 Å². The van der Waals surface area contributed by atoms with Gasteiger partial charge in [-0.05, 0) is 55.3 Å². The number of pyridine rings is 1. The molecule has 0 fully saturated rings. The van der Waals surface area contributed by atoms with Gasteiger partial charge in [-0.1, -0.05) is 31.2 Å². The molecule has 0 spiro atoms. The van der Waals surface area contributed by atoms with E-state index in [9.17, 15) is 14.0 Å². The molecule has 2 aromatic carbocycles. The third-order valence-corrected chi connectivity index (χ3v) is 5.06. The van der Waals surface area contributed by atoms with Gasteiger partial charge in [0.15, 0.2) is 0 Å². The van der Waals surface area contributed by atoms with Gasteiger partial charge in [0.25, 0.3) is 11.8 Å². The summed E-state index contributed by atoms with van der Waals surface area (Å²) in [5.41, 5.74) is 2.02. The minimum absolute atomic E-state index is 0.199. The van der Waals surface area contributed by atoms with Crippen LogP contribution in [0, 0.1) is 12.7 Å². The molecule has 2 amide bonds. The van der Waals surface area contributed by atoms with Gasteiger partial charge in [0.05, 0.1) is 0 Å². The molecule has 0 aliphatic carbocycles. The number of allylic oxidation sites excluding steroid dienone is 1. The van der Waals surface area contributed by atoms with Crippen LogP contribution in [0.15, 0.2) is 77.9 Å². The maximum absolute atomic E-state index is 13.4. The fourth-order valence-corrected chi connectivity index (χ4v) is 3.23. The Morgan fingerprint density at radius 2 is 1.94 bits per heavy atom. The summed E-state index contributed by atoms with van der Waals surface area (Å²) in [5.74, 6) is 0.192. The molecule has 8 heteroatoms. The Labute approximate surface area is 203 Å². The fraction of sp³-hybridized carbons (Fsp3) is 0.185. The predicted octanol–water partition coefficient (Wildman–Crippen LogP) is 5.23. The van der Waals surface area contributed by atoms with Gasteiger partial charge in [-0.3, -0.25) is 14.6 Å². The maximum atomic E-state index is 13.4. The molecule has 0 aliphatic heterocycles. The maximum Gasteiger partial charge on any atom is 0.274 e. The second-order valence-corrected chi connectivity index (χ2v) is 7.59. The van der Waals surface area contributed by atoms with Crippen molar-refractivity contribution in [3.8, 4) is 11.5 Å². The van der Waals surface area contributed by atoms with Crippen molar-refractivity contribution in [2.24, 2.45) is 4.99 Å². The summed E-state index contributed by atoms with van der Waals surface area (Å²) in [7, 11) is 1.55. The zero-order valence-corrected chi connectivity index (χ0v) is 19.8. The first-order chi connectivity index (χ1) is 16.9. The topological polar surface area (TPSA) is 92.7 Å². The van der Waals surface area contributed by atoms with Crippen molar-refractivity contribution < 1.29 is 18.7 Å². The summed E-state index contributed by atoms with van der Waals surface area (Å²) in [6.45, 7) is 3.94. The molecule has 0 unspecified atom stereocenters. The van der Waals surface area contributed by atoms with Crippen molar-refractivity contribution in [2.75, 3.05) is 12.4 Å². The minimum Gasteiger partial charge on any atom is -0.457 e. The molecule has 0 bridgehead atoms. The van der Waals surface area contributed by atoms with Crippen LogP contribution in [0.2, 0.25) is 0 Å². The van der Waals surface area contributed by atoms with Crippen molar-refractivity contribution in [3.63, 3.8) is 0 Å². The molecule has 0 aliphatic rings. The summed E-state index contributed by atoms with van der Waals surface area (Å²) in [6, 6.07) is 14.5. The third kappa shape index (κ3) is 7.07. The van der Waals surface area contributed by atoms with Crippen LogP contribution in [0.5, 0.6) is 11.5 Å². The van der Waals surface area contributed by atoms with Crippen molar-refractivity contribution in [1.29, 1.82) is 0 Å². The lowest BCUT2D eigenvalue weighted by Gasteiger charge is -2.13. The molecule has 1 heterocycles. The van der Waals surface area contributed by atoms with Crippen LogP contribution in [0.1, 0.15) is 34.8 Å². The minimum atomic E-state index is -0.380. The van der Waals surface area contributed by atoms with E-state index in [1.807, 2.05) is 13.0 Å². The number of nitrogens with one attached hydrogen (secondary N) is 2. The first-order valence-corrected chi connectivity index (χ1v) is 11.1. The van der Waals surface area contributed by atoms with E-state index < -0.39 is 0 Å². The molecule has 35 heavy (non-hydrogen) atoms. The highest BCUT2D eigenvalue weighted by Crippen LogP contribution is 2.28. The molecule has 0 atom stereocenters. The monoisotopic (exact) mass is 474 g/mol. The van der Waals surface area contributed by atoms with Gasteiger partial charge in [0, 0.05) is 37.0 Å². The molecule has 2 N–H and O–H groups in total. The number of carbonyl (C=O) groups is 2. The molecule has 0 saturated carbocycles. The van der Waals surface area contributed by atoms with Crippen LogP contribution in [-0.4, -0.2) is 29.6 Å². The van der Waals surface area contributed by atoms with Gasteiger partial charge in [0.2, 0.25) is 0 Å². The molecule has 7 nitrogen and oxygen atoms in total. The number of aromatic nitrogens is 1. The number of hydrogen-bond donors (Lipinski definition) is 2. The second kappa shape index (κ2) is 12.2. The van der Waals surface area contributed by atoms with Gasteiger partial charge >= 0.3 is 0 Å². The first kappa shape index (κ1) is 25.3. The summed E-state index contributed by atoms with van der Waals surface area (Å²) >= 11 is 0. The number of hydrogen-bond acceptors (Lipinski definition) is 5. The van der Waals surface area contributed by atoms with E-state index >= 15 is 0 Å². The average molecular weight is 475 g/mol. The van der Waals surface area contributed by atoms with Crippen LogP contribution in [0.3, 0.4) is 0 Å². The fourth-order valence-electron chi connectivity index (χ4n) is 3.23. The second-order valence-electron chi connectivity index (χ2n) is 7.59. The number of aliphatic imine (C=N–C) groups is 1. The van der Waals surface area contributed by atoms with E-state index in [-0.39, 0.29) is 29.9 Å². The van der Waals surface area contributed by atoms with Crippen molar-refractivity contribution in [3.05, 3.63) is 95.5 Å². The standard InChI is InChI=1S/C27H27FN4O3/c1-4-5-11-23(29-3)27(34)32-25-16-21(13-14-30-25)35-24-12-7-10-22(18(24)2)26(33)31-17-19-8-6-9-20(28)15-19/h5-16H,4,17H2,1-3H3,(H,31,33)(H,30,32,34)/b11-5-,29-23?. The Hall–Kier alpha value is -4.33. The highest BCUT2D eigenvalue weighted by atomic mass is 19.1. The number of rotatable bonds is 9. The summed E-state index contributed by atoms with van der Waals surface area (Å²) in [6.07, 6.45) is 5.80. The van der Waals surface area contributed by atoms with E-state index in [0.717, 1.165) is 6.42 Å². The lowest BCUT2D eigenvalue weighted by Crippen LogP contribution is -2.23. The van der Waals surface area contributed by atoms with Gasteiger partial charge in [-0.15, -0.1) is 0 Å². The summed E-state index contributed by atoms with van der Waals surface area (Å²) < 4.78 is 19.4. The SMILES string of the molecule is CC/C=C\C(=NC)C(=O)Nc1cc(Oc2cccc(C(=O)NCc3cccc(F)c3)c2C)ccn1. The average Bonchev–Trinajstić information content (AvgIpc) is 2.84. The Kier molecular flexibility index (Phi) is 8.83. The highest BCUT2D eigenvalue weighted by Gasteiger charge is 2.14. The number of halogens is 1. The first-order valence-electron chi connectivity index (χ1n) is 11.1. The predicted molar refractivity (Wildman–Crippen MR) is 134 cm³/mol. The number of anilines is 1. The smallest absolute Gasteiger partial charge is 0.274 e. The lowest BCUT2D eigenvalue weighted by molar-refractivity contribution is -0.110. The van der Waals surface area contributed by atoms with E-state index in [1.165, 1.54) is 18.3 Å². The van der Waals surface area contributed by atoms with Crippen LogP contribution >= 0.6 is 0 Å². The highest BCUT2D eigenvalue weighted by molar-refractivity contribution is 6.47. The van der Waals surface area contributed by atoms with Crippen molar-refractivity contribution in [1.82, 2.24) is 10.3 Å². The van der Waals surface area contributed by atoms with Crippen molar-refractivity contribution in [2.45, 2.75) is 26.8 Å². The Morgan fingerprint density at radius 1 is 1.14 bits per heavy atom. The van der Waals surface area contributed by atoms with Crippen LogP contribution in [0.25, 0.3) is 0 Å². The van der Waals surface area contributed by atoms with E-state index in [1.54, 1.807) is 62.5 Å². The van der Waals surface area contributed by atoms with Gasteiger partial charge in [-0.2, -0.15) is 0 Å². The van der Waals surface area contributed by atoms with Gasteiger partial charge in [0.1, 0.15) is 28.8 Å². The Morgan fingerprint density at radius 3 is 2.69 bits per heavy atom. The molecule has 3 rings (SSSR count). The van der Waals surface area contributed by atoms with E-state index in [2.05, 4.69) is 20.6 Å². The quantitative estimate of drug-likeness (QED) is 0.416. The van der Waals surface area contributed by atoms with Crippen molar-refractivity contribution >= 4 is 23.3 Å². The van der Waals surface area contributed by atoms with Gasteiger partial charge < -0.3 is 15.4 Å². The molecular weight excluding hydrogens is 447 g/mol. The molecule has 180 valence electrons. The number of benzene rings is 2. The van der Waals surface area contributed by atoms with Crippen LogP contribution in [-0.2, 0) is 11.3 Å². The van der Waals surface area contributed by atoms with E-state index in [4.69, 9.17) is 4.74 Å². The lowest BCUT2D eigenvalue weighted by atomic mass is 10.1. The number of nitrogens with zero attached hydrogens (tertiary/aromatic N) is 2. The molecule has 0 saturated heterocycles. The van der Waals surface area contributed by atoms with Gasteiger partial charge in [-0.25, -0.2) is 9.37 Å². The Balaban J connectivity index is 1.70. The normalized spacial score (nSPS) is 11.4. The van der Waals surface area contributed by atoms with Crippen LogP contribution in [0.4, 0.5) is 10.2 Å². The molecule has 1 aromatic heterocycles. The summed E-state index contributed by atoms with van der Waals surface area (Å²) in [5, 5.41) is 5.51. The molecule has 0 radical (unpaired) electrons. The molecular formula is C27H27FN4O3. The third-order valence-electron chi connectivity index (χ3n) is 5.06. The zero-order chi connectivity index (χ0) is 25.2. The molecule has 3 aromatic rings. The Bertz CT molecular complexity index is 1270.